The van der Waals surface area contributed by atoms with E-state index < -0.39 is 0 Å². The molecule has 1 aliphatic heterocycles. The van der Waals surface area contributed by atoms with E-state index in [1.54, 1.807) is 31.3 Å². The number of carbonyl (C=O) groups excluding carboxylic acids is 1. The van der Waals surface area contributed by atoms with Crippen molar-refractivity contribution in [3.8, 4) is 28.7 Å². The minimum atomic E-state index is 0.00373. The van der Waals surface area contributed by atoms with E-state index in [1.165, 1.54) is 0 Å². The van der Waals surface area contributed by atoms with Crippen LogP contribution in [0.25, 0.3) is 17.2 Å². The lowest BCUT2D eigenvalue weighted by atomic mass is 10.1. The predicted molar refractivity (Wildman–Crippen MR) is 130 cm³/mol. The zero-order chi connectivity index (χ0) is 24.2. The number of rotatable bonds is 8. The normalized spacial score (nSPS) is 15.7. The molecule has 34 heavy (non-hydrogen) atoms. The second-order valence-corrected chi connectivity index (χ2v) is 8.28. The highest BCUT2D eigenvalue weighted by atomic mass is 16.5. The van der Waals surface area contributed by atoms with Crippen molar-refractivity contribution in [1.82, 2.24) is 29.5 Å². The quantitative estimate of drug-likeness (QED) is 0.506. The van der Waals surface area contributed by atoms with Gasteiger partial charge in [0.25, 0.3) is 11.9 Å². The van der Waals surface area contributed by atoms with Crippen molar-refractivity contribution >= 4 is 5.91 Å². The Hall–Kier alpha value is -3.46. The van der Waals surface area contributed by atoms with Crippen LogP contribution < -0.4 is 9.47 Å². The lowest BCUT2D eigenvalue weighted by Gasteiger charge is -2.26. The number of carbonyl (C=O) groups is 1. The molecule has 1 aromatic carbocycles. The first kappa shape index (κ1) is 23.7. The number of ether oxygens (including phenoxy) is 2. The summed E-state index contributed by atoms with van der Waals surface area (Å²) >= 11 is 0. The molecule has 0 bridgehead atoms. The molecule has 0 unspecified atom stereocenters. The van der Waals surface area contributed by atoms with Gasteiger partial charge in [0.1, 0.15) is 11.5 Å². The average Bonchev–Trinajstić information content (AvgIpc) is 3.51. The third-order valence-corrected chi connectivity index (χ3v) is 6.53. The zero-order valence-electron chi connectivity index (χ0n) is 20.5. The smallest absolute Gasteiger partial charge is 0.257 e. The van der Waals surface area contributed by atoms with Crippen molar-refractivity contribution in [2.75, 3.05) is 40.4 Å². The zero-order valence-corrected chi connectivity index (χ0v) is 20.5. The molecule has 1 saturated heterocycles. The molecule has 0 spiro atoms. The second-order valence-electron chi connectivity index (χ2n) is 8.28. The maximum Gasteiger partial charge on any atom is 0.257 e. The Bertz CT molecular complexity index is 1160. The van der Waals surface area contributed by atoms with Crippen molar-refractivity contribution in [3.05, 3.63) is 47.9 Å². The standard InChI is InChI=1S/C25H32N6O3/c1-6-29(7-2)18-11-13-30(16-18)24(32)21-15-27-31(17(21)3)25-26-12-10-22(28-25)20-14-19(33-4)8-9-23(20)34-5/h8-10,12,14-15,18H,6-7,11,13,16H2,1-5H3/t18-/m1/s1. The first-order valence-corrected chi connectivity index (χ1v) is 11.6. The highest BCUT2D eigenvalue weighted by Gasteiger charge is 2.31. The van der Waals surface area contributed by atoms with Gasteiger partial charge in [-0.3, -0.25) is 9.69 Å². The first-order valence-electron chi connectivity index (χ1n) is 11.6. The van der Waals surface area contributed by atoms with Crippen LogP contribution in [0.1, 0.15) is 36.3 Å². The van der Waals surface area contributed by atoms with Gasteiger partial charge in [0.2, 0.25) is 0 Å². The van der Waals surface area contributed by atoms with Crippen LogP contribution in [0.4, 0.5) is 0 Å². The lowest BCUT2D eigenvalue weighted by molar-refractivity contribution is 0.0777. The summed E-state index contributed by atoms with van der Waals surface area (Å²) in [6, 6.07) is 7.77. The molecule has 0 saturated carbocycles. The molecule has 9 nitrogen and oxygen atoms in total. The predicted octanol–water partition coefficient (Wildman–Crippen LogP) is 3.21. The van der Waals surface area contributed by atoms with E-state index in [9.17, 15) is 4.79 Å². The average molecular weight is 465 g/mol. The number of hydrogen-bond acceptors (Lipinski definition) is 7. The molecular formula is C25H32N6O3. The fraction of sp³-hybridized carbons (Fsp3) is 0.440. The van der Waals surface area contributed by atoms with Crippen LogP contribution in [0, 0.1) is 6.92 Å². The Morgan fingerprint density at radius 2 is 1.97 bits per heavy atom. The van der Waals surface area contributed by atoms with Gasteiger partial charge in [0, 0.05) is 30.9 Å². The minimum absolute atomic E-state index is 0.00373. The molecule has 1 atom stereocenters. The molecule has 0 radical (unpaired) electrons. The molecule has 1 amide bonds. The number of likely N-dealkylation sites (N-methyl/N-ethyl adjacent to an activating group) is 1. The third-order valence-electron chi connectivity index (χ3n) is 6.53. The second kappa shape index (κ2) is 10.2. The van der Waals surface area contributed by atoms with Gasteiger partial charge in [0.15, 0.2) is 0 Å². The number of nitrogens with zero attached hydrogens (tertiary/aromatic N) is 6. The number of likely N-dealkylation sites (tertiary alicyclic amines) is 1. The molecular weight excluding hydrogens is 432 g/mol. The molecule has 0 N–H and O–H groups in total. The Morgan fingerprint density at radius 3 is 2.68 bits per heavy atom. The number of methoxy groups -OCH3 is 2. The summed E-state index contributed by atoms with van der Waals surface area (Å²) < 4.78 is 12.5. The van der Waals surface area contributed by atoms with Gasteiger partial charge < -0.3 is 14.4 Å². The molecule has 3 aromatic rings. The highest BCUT2D eigenvalue weighted by Crippen LogP contribution is 2.32. The van der Waals surface area contributed by atoms with Crippen molar-refractivity contribution in [1.29, 1.82) is 0 Å². The van der Waals surface area contributed by atoms with Crippen LogP contribution in [0.2, 0.25) is 0 Å². The third kappa shape index (κ3) is 4.48. The van der Waals surface area contributed by atoms with Gasteiger partial charge in [0.05, 0.1) is 37.4 Å². The van der Waals surface area contributed by atoms with E-state index in [-0.39, 0.29) is 5.91 Å². The Morgan fingerprint density at radius 1 is 1.18 bits per heavy atom. The summed E-state index contributed by atoms with van der Waals surface area (Å²) in [4.78, 5) is 26.7. The molecule has 4 rings (SSSR count). The van der Waals surface area contributed by atoms with Gasteiger partial charge in [-0.15, -0.1) is 0 Å². The van der Waals surface area contributed by atoms with Gasteiger partial charge in [-0.1, -0.05) is 13.8 Å². The van der Waals surface area contributed by atoms with E-state index in [1.807, 2.05) is 36.1 Å². The lowest BCUT2D eigenvalue weighted by Crippen LogP contribution is -2.38. The van der Waals surface area contributed by atoms with E-state index >= 15 is 0 Å². The first-order chi connectivity index (χ1) is 16.5. The summed E-state index contributed by atoms with van der Waals surface area (Å²) in [6.45, 7) is 9.69. The summed E-state index contributed by atoms with van der Waals surface area (Å²) in [5.74, 6) is 1.77. The van der Waals surface area contributed by atoms with E-state index in [0.29, 0.717) is 40.4 Å². The Kier molecular flexibility index (Phi) is 7.12. The van der Waals surface area contributed by atoms with Gasteiger partial charge in [-0.25, -0.2) is 14.6 Å². The van der Waals surface area contributed by atoms with Crippen LogP contribution >= 0.6 is 0 Å². The van der Waals surface area contributed by atoms with Crippen LogP contribution in [0.5, 0.6) is 11.5 Å². The fourth-order valence-electron chi connectivity index (χ4n) is 4.57. The van der Waals surface area contributed by atoms with Crippen LogP contribution in [0.15, 0.2) is 36.7 Å². The minimum Gasteiger partial charge on any atom is -0.497 e. The summed E-state index contributed by atoms with van der Waals surface area (Å²) in [6.07, 6.45) is 4.28. The molecule has 1 aliphatic rings. The van der Waals surface area contributed by atoms with Gasteiger partial charge >= 0.3 is 0 Å². The van der Waals surface area contributed by atoms with E-state index in [2.05, 4.69) is 28.8 Å². The maximum atomic E-state index is 13.3. The Labute approximate surface area is 200 Å². The monoisotopic (exact) mass is 464 g/mol. The number of hydrogen-bond donors (Lipinski definition) is 0. The van der Waals surface area contributed by atoms with Crippen molar-refractivity contribution < 1.29 is 14.3 Å². The SMILES string of the molecule is CCN(CC)[C@@H]1CCN(C(=O)c2cnn(-c3nccc(-c4cc(OC)ccc4OC)n3)c2C)C1. The largest absolute Gasteiger partial charge is 0.497 e. The summed E-state index contributed by atoms with van der Waals surface area (Å²) in [5, 5.41) is 4.45. The van der Waals surface area contributed by atoms with Crippen LogP contribution in [0.3, 0.4) is 0 Å². The van der Waals surface area contributed by atoms with Crippen LogP contribution in [-0.2, 0) is 0 Å². The topological polar surface area (TPSA) is 85.6 Å². The molecule has 1 fully saturated rings. The van der Waals surface area contributed by atoms with Crippen molar-refractivity contribution in [2.45, 2.75) is 33.2 Å². The summed E-state index contributed by atoms with van der Waals surface area (Å²) in [7, 11) is 3.24. The number of benzene rings is 1. The highest BCUT2D eigenvalue weighted by molar-refractivity contribution is 5.95. The van der Waals surface area contributed by atoms with Crippen LogP contribution in [-0.4, -0.2) is 81.9 Å². The molecule has 180 valence electrons. The van der Waals surface area contributed by atoms with E-state index in [4.69, 9.17) is 14.5 Å². The van der Waals surface area contributed by atoms with Crippen molar-refractivity contribution in [2.24, 2.45) is 0 Å². The maximum absolute atomic E-state index is 13.3. The van der Waals surface area contributed by atoms with Gasteiger partial charge in [-0.2, -0.15) is 5.10 Å². The number of aromatic nitrogens is 4. The number of amides is 1. The molecule has 2 aromatic heterocycles. The molecule has 0 aliphatic carbocycles. The fourth-order valence-corrected chi connectivity index (χ4v) is 4.57. The molecule has 9 heteroatoms. The van der Waals surface area contributed by atoms with Gasteiger partial charge in [-0.05, 0) is 50.7 Å². The van der Waals surface area contributed by atoms with Crippen molar-refractivity contribution in [3.63, 3.8) is 0 Å². The molecule has 3 heterocycles. The van der Waals surface area contributed by atoms with E-state index in [0.717, 1.165) is 38.2 Å². The summed E-state index contributed by atoms with van der Waals surface area (Å²) in [5.41, 5.74) is 2.75. The Balaban J connectivity index is 1.60.